The van der Waals surface area contributed by atoms with Crippen LogP contribution in [0.15, 0.2) is 48.5 Å². The molecular weight excluding hydrogens is 460 g/mol. The molecule has 2 N–H and O–H groups in total. The molecule has 0 spiro atoms. The van der Waals surface area contributed by atoms with E-state index >= 15 is 0 Å². The number of rotatable bonds is 4. The SMILES string of the molecule is CC(c1cc(C(F)(F)F)cc(C(F)(F)F)c1)N(C)C(=O)N1C[C@H]2C[C@]2(CN)[C@@H]1c1ccccc1. The summed E-state index contributed by atoms with van der Waals surface area (Å²) >= 11 is 0. The maximum Gasteiger partial charge on any atom is 0.416 e. The fraction of sp³-hybridized carbons (Fsp3) is 0.458. The van der Waals surface area contributed by atoms with Crippen molar-refractivity contribution < 1.29 is 31.1 Å². The third-order valence-electron chi connectivity index (χ3n) is 7.27. The summed E-state index contributed by atoms with van der Waals surface area (Å²) in [5.74, 6) is 0.209. The monoisotopic (exact) mass is 485 g/mol. The van der Waals surface area contributed by atoms with E-state index in [-0.39, 0.29) is 29.0 Å². The van der Waals surface area contributed by atoms with Gasteiger partial charge in [-0.3, -0.25) is 0 Å². The summed E-state index contributed by atoms with van der Waals surface area (Å²) in [5.41, 5.74) is 3.66. The maximum absolute atomic E-state index is 13.5. The Labute approximate surface area is 193 Å². The van der Waals surface area contributed by atoms with Gasteiger partial charge in [0.2, 0.25) is 0 Å². The minimum atomic E-state index is -4.96. The molecule has 34 heavy (non-hydrogen) atoms. The van der Waals surface area contributed by atoms with Crippen LogP contribution in [-0.4, -0.2) is 36.0 Å². The van der Waals surface area contributed by atoms with Crippen molar-refractivity contribution in [1.82, 2.24) is 9.80 Å². The average molecular weight is 485 g/mol. The third kappa shape index (κ3) is 4.12. The third-order valence-corrected chi connectivity index (χ3v) is 7.27. The number of urea groups is 1. The minimum absolute atomic E-state index is 0.0858. The van der Waals surface area contributed by atoms with Gasteiger partial charge in [0.1, 0.15) is 0 Å². The lowest BCUT2D eigenvalue weighted by Crippen LogP contribution is -2.45. The summed E-state index contributed by atoms with van der Waals surface area (Å²) in [5, 5.41) is 0. The lowest BCUT2D eigenvalue weighted by Gasteiger charge is -2.37. The van der Waals surface area contributed by atoms with Crippen molar-refractivity contribution in [1.29, 1.82) is 0 Å². The Balaban J connectivity index is 1.66. The zero-order valence-electron chi connectivity index (χ0n) is 18.6. The summed E-state index contributed by atoms with van der Waals surface area (Å²) in [6, 6.07) is 8.97. The van der Waals surface area contributed by atoms with Crippen LogP contribution in [0.1, 0.15) is 47.7 Å². The molecule has 1 aliphatic heterocycles. The number of hydrogen-bond donors (Lipinski definition) is 1. The van der Waals surface area contributed by atoms with Gasteiger partial charge in [-0.1, -0.05) is 30.3 Å². The number of carbonyl (C=O) groups excluding carboxylic acids is 1. The van der Waals surface area contributed by atoms with E-state index in [1.54, 1.807) is 4.90 Å². The summed E-state index contributed by atoms with van der Waals surface area (Å²) in [6.07, 6.45) is -9.05. The standard InChI is InChI=1S/C24H25F6N3O/c1-14(16-8-17(23(25,26)27)10-18(9-16)24(28,29)30)32(2)21(34)33-12-19-11-22(19,13-31)20(33)15-6-4-3-5-7-15/h3-10,14,19-20H,11-13,31H2,1-2H3/t14?,19-,20+,22-/m1/s1. The van der Waals surface area contributed by atoms with Crippen LogP contribution in [0.4, 0.5) is 31.1 Å². The predicted molar refractivity (Wildman–Crippen MR) is 114 cm³/mol. The second kappa shape index (κ2) is 8.18. The molecule has 2 aliphatic rings. The van der Waals surface area contributed by atoms with Gasteiger partial charge < -0.3 is 15.5 Å². The van der Waals surface area contributed by atoms with Crippen molar-refractivity contribution in [2.75, 3.05) is 20.1 Å². The highest BCUT2D eigenvalue weighted by molar-refractivity contribution is 5.76. The van der Waals surface area contributed by atoms with Gasteiger partial charge in [-0.25, -0.2) is 4.79 Å². The Hall–Kier alpha value is -2.75. The Morgan fingerprint density at radius 1 is 1.09 bits per heavy atom. The van der Waals surface area contributed by atoms with Gasteiger partial charge in [-0.05, 0) is 48.6 Å². The van der Waals surface area contributed by atoms with Crippen molar-refractivity contribution in [2.45, 2.75) is 37.8 Å². The number of halogens is 6. The van der Waals surface area contributed by atoms with Gasteiger partial charge in [-0.15, -0.1) is 0 Å². The van der Waals surface area contributed by atoms with Crippen molar-refractivity contribution in [3.05, 3.63) is 70.8 Å². The number of piperidine rings is 1. The first-order chi connectivity index (χ1) is 15.8. The number of fused-ring (bicyclic) bond motifs is 1. The number of nitrogens with two attached hydrogens (primary N) is 1. The topological polar surface area (TPSA) is 49.6 Å². The highest BCUT2D eigenvalue weighted by Crippen LogP contribution is 2.66. The van der Waals surface area contributed by atoms with E-state index in [0.29, 0.717) is 25.2 Å². The first-order valence-corrected chi connectivity index (χ1v) is 10.9. The van der Waals surface area contributed by atoms with Crippen LogP contribution in [0.25, 0.3) is 0 Å². The lowest BCUT2D eigenvalue weighted by molar-refractivity contribution is -0.143. The number of benzene rings is 2. The number of carbonyl (C=O) groups is 1. The summed E-state index contributed by atoms with van der Waals surface area (Å²) in [7, 11) is 1.39. The van der Waals surface area contributed by atoms with Gasteiger partial charge in [0, 0.05) is 25.6 Å². The van der Waals surface area contributed by atoms with Gasteiger partial charge in [0.25, 0.3) is 0 Å². The van der Waals surface area contributed by atoms with Crippen LogP contribution < -0.4 is 5.73 Å². The fourth-order valence-electron chi connectivity index (χ4n) is 5.14. The summed E-state index contributed by atoms with van der Waals surface area (Å²) < 4.78 is 79.8. The quantitative estimate of drug-likeness (QED) is 0.552. The first-order valence-electron chi connectivity index (χ1n) is 10.9. The van der Waals surface area contributed by atoms with Crippen LogP contribution in [-0.2, 0) is 12.4 Å². The molecule has 1 unspecified atom stereocenters. The van der Waals surface area contributed by atoms with Crippen LogP contribution in [0.5, 0.6) is 0 Å². The number of alkyl halides is 6. The second-order valence-corrected chi connectivity index (χ2v) is 9.21. The zero-order valence-corrected chi connectivity index (χ0v) is 18.6. The lowest BCUT2D eigenvalue weighted by atomic mass is 9.90. The van der Waals surface area contributed by atoms with E-state index in [1.165, 1.54) is 18.9 Å². The summed E-state index contributed by atoms with van der Waals surface area (Å²) in [4.78, 5) is 16.3. The molecule has 2 fully saturated rings. The van der Waals surface area contributed by atoms with Crippen molar-refractivity contribution >= 4 is 6.03 Å². The van der Waals surface area contributed by atoms with Gasteiger partial charge in [0.15, 0.2) is 0 Å². The molecule has 184 valence electrons. The van der Waals surface area contributed by atoms with Gasteiger partial charge >= 0.3 is 18.4 Å². The number of amides is 2. The zero-order chi connectivity index (χ0) is 25.1. The Kier molecular flexibility index (Phi) is 5.86. The Bertz CT molecular complexity index is 1030. The van der Waals surface area contributed by atoms with E-state index in [4.69, 9.17) is 5.73 Å². The molecule has 4 nitrogen and oxygen atoms in total. The van der Waals surface area contributed by atoms with Gasteiger partial charge in [-0.2, -0.15) is 26.3 Å². The van der Waals surface area contributed by atoms with Crippen LogP contribution >= 0.6 is 0 Å². The molecule has 1 heterocycles. The maximum atomic E-state index is 13.5. The molecule has 0 aromatic heterocycles. The van der Waals surface area contributed by atoms with Gasteiger partial charge in [0.05, 0.1) is 23.2 Å². The van der Waals surface area contributed by atoms with Crippen molar-refractivity contribution in [3.8, 4) is 0 Å². The van der Waals surface area contributed by atoms with E-state index in [1.807, 2.05) is 30.3 Å². The van der Waals surface area contributed by atoms with Crippen molar-refractivity contribution in [3.63, 3.8) is 0 Å². The predicted octanol–water partition coefficient (Wildman–Crippen LogP) is 5.86. The highest BCUT2D eigenvalue weighted by Gasteiger charge is 2.66. The number of nitrogens with zero attached hydrogens (tertiary/aromatic N) is 2. The van der Waals surface area contributed by atoms with Crippen LogP contribution in [0.3, 0.4) is 0 Å². The molecular formula is C24H25F6N3O. The number of hydrogen-bond acceptors (Lipinski definition) is 2. The van der Waals surface area contributed by atoms with E-state index in [9.17, 15) is 31.1 Å². The highest BCUT2D eigenvalue weighted by atomic mass is 19.4. The molecule has 10 heteroatoms. The molecule has 0 bridgehead atoms. The molecule has 2 aromatic carbocycles. The molecule has 1 saturated heterocycles. The second-order valence-electron chi connectivity index (χ2n) is 9.21. The average Bonchev–Trinajstić information content (AvgIpc) is 3.40. The first kappa shape index (κ1) is 24.4. The normalized spacial score (nSPS) is 25.1. The number of likely N-dealkylation sites (tertiary alicyclic amines) is 1. The van der Waals surface area contributed by atoms with Crippen molar-refractivity contribution in [2.24, 2.45) is 17.1 Å². The molecule has 0 radical (unpaired) electrons. The van der Waals surface area contributed by atoms with Crippen LogP contribution in [0.2, 0.25) is 0 Å². The van der Waals surface area contributed by atoms with E-state index in [2.05, 4.69) is 0 Å². The molecule has 2 amide bonds. The molecule has 1 saturated carbocycles. The largest absolute Gasteiger partial charge is 0.416 e. The van der Waals surface area contributed by atoms with Crippen LogP contribution in [0, 0.1) is 11.3 Å². The minimum Gasteiger partial charge on any atom is -0.330 e. The van der Waals surface area contributed by atoms with E-state index in [0.717, 1.165) is 12.0 Å². The Morgan fingerprint density at radius 3 is 2.15 bits per heavy atom. The smallest absolute Gasteiger partial charge is 0.330 e. The van der Waals surface area contributed by atoms with E-state index < -0.39 is 35.6 Å². The molecule has 4 rings (SSSR count). The molecule has 1 aliphatic carbocycles. The molecule has 4 atom stereocenters. The fourth-order valence-corrected chi connectivity index (χ4v) is 5.14. The summed E-state index contributed by atoms with van der Waals surface area (Å²) in [6.45, 7) is 2.23. The molecule has 2 aromatic rings. The Morgan fingerprint density at radius 2 is 1.65 bits per heavy atom.